The average molecular weight is 272 g/mol. The van der Waals surface area contributed by atoms with E-state index in [0.717, 1.165) is 16.5 Å². The van der Waals surface area contributed by atoms with E-state index in [9.17, 15) is 8.42 Å². The standard InChI is InChI=1S/C14H12N2O2S/c1-19(17,18)16-9-6-12-2-3-13(10-14(12)16)11-4-7-15-8-5-11/h2-10H,1H3. The zero-order valence-electron chi connectivity index (χ0n) is 10.3. The van der Waals surface area contributed by atoms with Crippen LogP contribution in [-0.2, 0) is 10.0 Å². The Morgan fingerprint density at radius 3 is 2.42 bits per heavy atom. The van der Waals surface area contributed by atoms with E-state index in [4.69, 9.17) is 0 Å². The lowest BCUT2D eigenvalue weighted by atomic mass is 10.1. The minimum absolute atomic E-state index is 0.691. The van der Waals surface area contributed by atoms with Crippen molar-refractivity contribution in [1.29, 1.82) is 0 Å². The number of benzene rings is 1. The molecule has 0 fully saturated rings. The molecule has 0 aliphatic rings. The lowest BCUT2D eigenvalue weighted by Gasteiger charge is -2.05. The van der Waals surface area contributed by atoms with Crippen molar-refractivity contribution in [3.05, 3.63) is 55.0 Å². The summed E-state index contributed by atoms with van der Waals surface area (Å²) in [6, 6.07) is 11.4. The Hall–Kier alpha value is -2.14. The molecular formula is C14H12N2O2S. The molecular weight excluding hydrogens is 260 g/mol. The molecule has 0 N–H and O–H groups in total. The van der Waals surface area contributed by atoms with Gasteiger partial charge in [-0.3, -0.25) is 4.98 Å². The Morgan fingerprint density at radius 2 is 1.74 bits per heavy atom. The van der Waals surface area contributed by atoms with Crippen LogP contribution >= 0.6 is 0 Å². The third kappa shape index (κ3) is 2.13. The summed E-state index contributed by atoms with van der Waals surface area (Å²) >= 11 is 0. The highest BCUT2D eigenvalue weighted by atomic mass is 32.2. The van der Waals surface area contributed by atoms with E-state index < -0.39 is 10.0 Å². The van der Waals surface area contributed by atoms with Crippen LogP contribution < -0.4 is 0 Å². The van der Waals surface area contributed by atoms with E-state index >= 15 is 0 Å². The van der Waals surface area contributed by atoms with Gasteiger partial charge in [0, 0.05) is 24.0 Å². The lowest BCUT2D eigenvalue weighted by molar-refractivity contribution is 0.595. The summed E-state index contributed by atoms with van der Waals surface area (Å²) in [6.07, 6.45) is 6.21. The third-order valence-electron chi connectivity index (χ3n) is 3.03. The smallest absolute Gasteiger partial charge is 0.236 e. The molecule has 1 aromatic carbocycles. The van der Waals surface area contributed by atoms with Crippen molar-refractivity contribution in [1.82, 2.24) is 8.96 Å². The first-order valence-electron chi connectivity index (χ1n) is 5.78. The van der Waals surface area contributed by atoms with E-state index in [1.165, 1.54) is 10.2 Å². The van der Waals surface area contributed by atoms with Crippen molar-refractivity contribution in [2.75, 3.05) is 6.26 Å². The number of hydrogen-bond acceptors (Lipinski definition) is 3. The van der Waals surface area contributed by atoms with E-state index in [2.05, 4.69) is 4.98 Å². The molecule has 0 atom stereocenters. The van der Waals surface area contributed by atoms with E-state index in [0.29, 0.717) is 5.52 Å². The Kier molecular flexibility index (Phi) is 2.64. The number of aromatic nitrogens is 2. The monoisotopic (exact) mass is 272 g/mol. The van der Waals surface area contributed by atoms with Crippen molar-refractivity contribution in [3.8, 4) is 11.1 Å². The predicted octanol–water partition coefficient (Wildman–Crippen LogP) is 2.51. The summed E-state index contributed by atoms with van der Waals surface area (Å²) < 4.78 is 24.7. The molecule has 2 heterocycles. The minimum atomic E-state index is -3.28. The minimum Gasteiger partial charge on any atom is -0.265 e. The largest absolute Gasteiger partial charge is 0.265 e. The molecule has 0 radical (unpaired) electrons. The number of pyridine rings is 1. The highest BCUT2D eigenvalue weighted by Gasteiger charge is 2.10. The van der Waals surface area contributed by atoms with Crippen LogP contribution in [0.1, 0.15) is 0 Å². The molecule has 0 spiro atoms. The van der Waals surface area contributed by atoms with Gasteiger partial charge in [0.1, 0.15) is 0 Å². The van der Waals surface area contributed by atoms with Crippen molar-refractivity contribution in [2.24, 2.45) is 0 Å². The van der Waals surface area contributed by atoms with Crippen LogP contribution in [0.25, 0.3) is 22.0 Å². The number of nitrogens with zero attached hydrogens (tertiary/aromatic N) is 2. The molecule has 5 heteroatoms. The van der Waals surface area contributed by atoms with Gasteiger partial charge in [-0.15, -0.1) is 0 Å². The predicted molar refractivity (Wildman–Crippen MR) is 75.4 cm³/mol. The third-order valence-corrected chi connectivity index (χ3v) is 4.06. The highest BCUT2D eigenvalue weighted by Crippen LogP contribution is 2.25. The Bertz CT molecular complexity index is 836. The lowest BCUT2D eigenvalue weighted by Crippen LogP contribution is -2.07. The van der Waals surface area contributed by atoms with Crippen LogP contribution in [0.2, 0.25) is 0 Å². The summed E-state index contributed by atoms with van der Waals surface area (Å²) in [5, 5.41) is 0.906. The van der Waals surface area contributed by atoms with Gasteiger partial charge in [0.25, 0.3) is 0 Å². The molecule has 4 nitrogen and oxygen atoms in total. The Balaban J connectivity index is 2.26. The fourth-order valence-corrected chi connectivity index (χ4v) is 2.91. The molecule has 0 saturated carbocycles. The normalized spacial score (nSPS) is 11.8. The molecule has 0 amide bonds. The second kappa shape index (κ2) is 4.20. The molecule has 2 aromatic heterocycles. The topological polar surface area (TPSA) is 52.0 Å². The molecule has 0 aliphatic heterocycles. The summed E-state index contributed by atoms with van der Waals surface area (Å²) in [6.45, 7) is 0. The zero-order chi connectivity index (χ0) is 13.5. The van der Waals surface area contributed by atoms with E-state index in [1.807, 2.05) is 30.3 Å². The van der Waals surface area contributed by atoms with E-state index in [-0.39, 0.29) is 0 Å². The quantitative estimate of drug-likeness (QED) is 0.720. The molecule has 0 unspecified atom stereocenters. The van der Waals surface area contributed by atoms with Gasteiger partial charge in [0.05, 0.1) is 11.8 Å². The van der Waals surface area contributed by atoms with Gasteiger partial charge in [-0.05, 0) is 35.4 Å². The number of fused-ring (bicyclic) bond motifs is 1. The van der Waals surface area contributed by atoms with Crippen molar-refractivity contribution >= 4 is 20.9 Å². The summed E-state index contributed by atoms with van der Waals surface area (Å²) in [4.78, 5) is 3.98. The number of hydrogen-bond donors (Lipinski definition) is 0. The molecule has 0 bridgehead atoms. The Morgan fingerprint density at radius 1 is 1.00 bits per heavy atom. The van der Waals surface area contributed by atoms with Gasteiger partial charge in [0.2, 0.25) is 10.0 Å². The SMILES string of the molecule is CS(=O)(=O)n1ccc2ccc(-c3ccncc3)cc21. The van der Waals surface area contributed by atoms with Crippen LogP contribution in [-0.4, -0.2) is 23.6 Å². The maximum absolute atomic E-state index is 11.7. The molecule has 0 saturated heterocycles. The maximum atomic E-state index is 11.7. The van der Waals surface area contributed by atoms with Crippen molar-refractivity contribution in [3.63, 3.8) is 0 Å². The molecule has 96 valence electrons. The maximum Gasteiger partial charge on any atom is 0.236 e. The first kappa shape index (κ1) is 11.9. The van der Waals surface area contributed by atoms with Gasteiger partial charge in [-0.1, -0.05) is 12.1 Å². The second-order valence-corrected chi connectivity index (χ2v) is 6.24. The van der Waals surface area contributed by atoms with Crippen LogP contribution in [0.5, 0.6) is 0 Å². The molecule has 3 rings (SSSR count). The summed E-state index contributed by atoms with van der Waals surface area (Å²) in [5.41, 5.74) is 2.67. The van der Waals surface area contributed by atoms with E-state index in [1.54, 1.807) is 24.7 Å². The van der Waals surface area contributed by atoms with Crippen LogP contribution in [0, 0.1) is 0 Å². The van der Waals surface area contributed by atoms with Crippen LogP contribution in [0.15, 0.2) is 55.0 Å². The van der Waals surface area contributed by atoms with Gasteiger partial charge < -0.3 is 0 Å². The molecule has 3 aromatic rings. The highest BCUT2D eigenvalue weighted by molar-refractivity contribution is 7.89. The molecule has 0 aliphatic carbocycles. The van der Waals surface area contributed by atoms with Gasteiger partial charge >= 0.3 is 0 Å². The Labute approximate surface area is 111 Å². The fourth-order valence-electron chi connectivity index (χ4n) is 2.12. The zero-order valence-corrected chi connectivity index (χ0v) is 11.1. The van der Waals surface area contributed by atoms with Crippen molar-refractivity contribution < 1.29 is 8.42 Å². The second-order valence-electron chi connectivity index (χ2n) is 4.38. The summed E-state index contributed by atoms with van der Waals surface area (Å²) in [5.74, 6) is 0. The fraction of sp³-hybridized carbons (Fsp3) is 0.0714. The summed E-state index contributed by atoms with van der Waals surface area (Å²) in [7, 11) is -3.28. The molecule has 19 heavy (non-hydrogen) atoms. The first-order valence-corrected chi connectivity index (χ1v) is 7.62. The van der Waals surface area contributed by atoms with Gasteiger partial charge in [0.15, 0.2) is 0 Å². The average Bonchev–Trinajstić information content (AvgIpc) is 2.82. The van der Waals surface area contributed by atoms with Crippen molar-refractivity contribution in [2.45, 2.75) is 0 Å². The number of rotatable bonds is 2. The van der Waals surface area contributed by atoms with Crippen LogP contribution in [0.3, 0.4) is 0 Å². The van der Waals surface area contributed by atoms with Gasteiger partial charge in [-0.25, -0.2) is 12.4 Å². The first-order chi connectivity index (χ1) is 9.05. The van der Waals surface area contributed by atoms with Crippen LogP contribution in [0.4, 0.5) is 0 Å². The van der Waals surface area contributed by atoms with Gasteiger partial charge in [-0.2, -0.15) is 0 Å².